The van der Waals surface area contributed by atoms with Crippen LogP contribution in [0.5, 0.6) is 0 Å². The minimum atomic E-state index is 0.567. The van der Waals surface area contributed by atoms with Crippen LogP contribution in [-0.4, -0.2) is 15.8 Å². The van der Waals surface area contributed by atoms with E-state index in [1.54, 1.807) is 6.20 Å². The van der Waals surface area contributed by atoms with Gasteiger partial charge in [-0.2, -0.15) is 5.10 Å². The number of hydrogen-bond donors (Lipinski definition) is 1. The fourth-order valence-electron chi connectivity index (χ4n) is 2.53. The molecule has 0 radical (unpaired) electrons. The van der Waals surface area contributed by atoms with E-state index in [9.17, 15) is 0 Å². The van der Waals surface area contributed by atoms with Crippen molar-refractivity contribution in [2.45, 2.75) is 31.7 Å². The standard InChI is InChI=1S/C14H16ClN3/c15-11-6-7-14(18-9-3-8-16-18)13(10-11)17-12-4-1-2-5-12/h3,6-10,12,17H,1-2,4-5H2. The molecule has 3 nitrogen and oxygen atoms in total. The van der Waals surface area contributed by atoms with Crippen molar-refractivity contribution in [2.75, 3.05) is 5.32 Å². The van der Waals surface area contributed by atoms with Gasteiger partial charge in [0.25, 0.3) is 0 Å². The Morgan fingerprint density at radius 3 is 2.83 bits per heavy atom. The maximum absolute atomic E-state index is 6.09. The van der Waals surface area contributed by atoms with Crippen LogP contribution in [0.15, 0.2) is 36.7 Å². The molecule has 1 fully saturated rings. The Morgan fingerprint density at radius 1 is 1.28 bits per heavy atom. The van der Waals surface area contributed by atoms with Crippen molar-refractivity contribution in [2.24, 2.45) is 0 Å². The second-order valence-electron chi connectivity index (χ2n) is 4.74. The van der Waals surface area contributed by atoms with E-state index in [0.717, 1.165) is 16.4 Å². The van der Waals surface area contributed by atoms with E-state index in [-0.39, 0.29) is 0 Å². The number of anilines is 1. The molecule has 1 aliphatic rings. The summed E-state index contributed by atoms with van der Waals surface area (Å²) < 4.78 is 1.87. The molecular weight excluding hydrogens is 246 g/mol. The molecule has 0 spiro atoms. The molecule has 0 amide bonds. The van der Waals surface area contributed by atoms with Crippen LogP contribution in [0.4, 0.5) is 5.69 Å². The Bertz CT molecular complexity index is 516. The first-order valence-corrected chi connectivity index (χ1v) is 6.77. The Kier molecular flexibility index (Phi) is 3.24. The van der Waals surface area contributed by atoms with E-state index >= 15 is 0 Å². The van der Waals surface area contributed by atoms with Crippen molar-refractivity contribution in [3.63, 3.8) is 0 Å². The third-order valence-corrected chi connectivity index (χ3v) is 3.66. The summed E-state index contributed by atoms with van der Waals surface area (Å²) in [6.07, 6.45) is 8.85. The number of nitrogens with one attached hydrogen (secondary N) is 1. The summed E-state index contributed by atoms with van der Waals surface area (Å²) in [5.41, 5.74) is 2.12. The number of hydrogen-bond acceptors (Lipinski definition) is 2. The highest BCUT2D eigenvalue weighted by Gasteiger charge is 2.16. The molecule has 1 aliphatic carbocycles. The second kappa shape index (κ2) is 5.02. The van der Waals surface area contributed by atoms with Crippen LogP contribution in [-0.2, 0) is 0 Å². The third kappa shape index (κ3) is 2.36. The fraction of sp³-hybridized carbons (Fsp3) is 0.357. The van der Waals surface area contributed by atoms with Crippen molar-refractivity contribution in [3.05, 3.63) is 41.7 Å². The lowest BCUT2D eigenvalue weighted by atomic mass is 10.2. The number of rotatable bonds is 3. The number of nitrogens with zero attached hydrogens (tertiary/aromatic N) is 2. The third-order valence-electron chi connectivity index (χ3n) is 3.42. The van der Waals surface area contributed by atoms with Crippen LogP contribution in [0.1, 0.15) is 25.7 Å². The Hall–Kier alpha value is -1.48. The molecule has 0 unspecified atom stereocenters. The Balaban J connectivity index is 1.93. The highest BCUT2D eigenvalue weighted by Crippen LogP contribution is 2.28. The summed E-state index contributed by atoms with van der Waals surface area (Å²) in [7, 11) is 0. The molecule has 3 rings (SSSR count). The zero-order valence-corrected chi connectivity index (χ0v) is 10.9. The van der Waals surface area contributed by atoms with Crippen molar-refractivity contribution >= 4 is 17.3 Å². The smallest absolute Gasteiger partial charge is 0.0877 e. The molecule has 0 atom stereocenters. The molecule has 0 saturated heterocycles. The van der Waals surface area contributed by atoms with Crippen LogP contribution in [0.2, 0.25) is 5.02 Å². The Morgan fingerprint density at radius 2 is 2.11 bits per heavy atom. The van der Waals surface area contributed by atoms with E-state index < -0.39 is 0 Å². The van der Waals surface area contributed by atoms with Crippen LogP contribution in [0.3, 0.4) is 0 Å². The molecule has 2 aromatic rings. The first kappa shape index (κ1) is 11.6. The lowest BCUT2D eigenvalue weighted by Crippen LogP contribution is -2.16. The van der Waals surface area contributed by atoms with Gasteiger partial charge < -0.3 is 5.32 Å². The van der Waals surface area contributed by atoms with Gasteiger partial charge in [-0.05, 0) is 37.1 Å². The minimum absolute atomic E-state index is 0.567. The van der Waals surface area contributed by atoms with Crippen LogP contribution in [0.25, 0.3) is 5.69 Å². The summed E-state index contributed by atoms with van der Waals surface area (Å²) in [5, 5.41) is 8.63. The zero-order chi connectivity index (χ0) is 12.4. The fourth-order valence-corrected chi connectivity index (χ4v) is 2.70. The van der Waals surface area contributed by atoms with Crippen LogP contribution >= 0.6 is 11.6 Å². The van der Waals surface area contributed by atoms with Gasteiger partial charge in [-0.15, -0.1) is 0 Å². The Labute approximate surface area is 112 Å². The largest absolute Gasteiger partial charge is 0.381 e. The van der Waals surface area contributed by atoms with E-state index in [4.69, 9.17) is 11.6 Å². The normalized spacial score (nSPS) is 16.1. The van der Waals surface area contributed by atoms with Gasteiger partial charge in [0.05, 0.1) is 11.4 Å². The molecule has 1 saturated carbocycles. The average Bonchev–Trinajstić information content (AvgIpc) is 3.01. The lowest BCUT2D eigenvalue weighted by Gasteiger charge is -2.17. The molecule has 1 N–H and O–H groups in total. The van der Waals surface area contributed by atoms with Crippen molar-refractivity contribution in [1.29, 1.82) is 0 Å². The molecule has 0 bridgehead atoms. The topological polar surface area (TPSA) is 29.9 Å². The molecular formula is C14H16ClN3. The molecule has 94 valence electrons. The van der Waals surface area contributed by atoms with Crippen LogP contribution in [0, 0.1) is 0 Å². The van der Waals surface area contributed by atoms with E-state index in [1.807, 2.05) is 35.1 Å². The first-order valence-electron chi connectivity index (χ1n) is 6.39. The maximum Gasteiger partial charge on any atom is 0.0877 e. The van der Waals surface area contributed by atoms with Gasteiger partial charge >= 0.3 is 0 Å². The van der Waals surface area contributed by atoms with Gasteiger partial charge in [0.1, 0.15) is 0 Å². The van der Waals surface area contributed by atoms with E-state index in [0.29, 0.717) is 6.04 Å². The van der Waals surface area contributed by atoms with E-state index in [1.165, 1.54) is 25.7 Å². The SMILES string of the molecule is Clc1ccc(-n2cccn2)c(NC2CCCC2)c1. The summed E-state index contributed by atoms with van der Waals surface area (Å²) in [6, 6.07) is 8.38. The predicted octanol–water partition coefficient (Wildman–Crippen LogP) is 3.88. The van der Waals surface area contributed by atoms with Gasteiger partial charge in [-0.25, -0.2) is 4.68 Å². The van der Waals surface area contributed by atoms with Crippen molar-refractivity contribution in [1.82, 2.24) is 9.78 Å². The van der Waals surface area contributed by atoms with Gasteiger partial charge in [0.2, 0.25) is 0 Å². The predicted molar refractivity (Wildman–Crippen MR) is 74.5 cm³/mol. The van der Waals surface area contributed by atoms with Gasteiger partial charge in [0.15, 0.2) is 0 Å². The van der Waals surface area contributed by atoms with Gasteiger partial charge in [0, 0.05) is 23.5 Å². The molecule has 4 heteroatoms. The number of halogens is 1. The average molecular weight is 262 g/mol. The highest BCUT2D eigenvalue weighted by molar-refractivity contribution is 6.31. The van der Waals surface area contributed by atoms with Gasteiger partial charge in [-0.1, -0.05) is 24.4 Å². The molecule has 18 heavy (non-hydrogen) atoms. The molecule has 1 aromatic carbocycles. The molecule has 1 aromatic heterocycles. The zero-order valence-electron chi connectivity index (χ0n) is 10.1. The molecule has 1 heterocycles. The van der Waals surface area contributed by atoms with Crippen molar-refractivity contribution in [3.8, 4) is 5.69 Å². The maximum atomic E-state index is 6.09. The van der Waals surface area contributed by atoms with Gasteiger partial charge in [-0.3, -0.25) is 0 Å². The summed E-state index contributed by atoms with van der Waals surface area (Å²) in [5.74, 6) is 0. The lowest BCUT2D eigenvalue weighted by molar-refractivity contribution is 0.751. The molecule has 0 aliphatic heterocycles. The minimum Gasteiger partial charge on any atom is -0.381 e. The highest BCUT2D eigenvalue weighted by atomic mass is 35.5. The second-order valence-corrected chi connectivity index (χ2v) is 5.17. The summed E-state index contributed by atoms with van der Waals surface area (Å²) in [4.78, 5) is 0. The quantitative estimate of drug-likeness (QED) is 0.909. The summed E-state index contributed by atoms with van der Waals surface area (Å²) >= 11 is 6.09. The first-order chi connectivity index (χ1) is 8.83. The van der Waals surface area contributed by atoms with Crippen LogP contribution < -0.4 is 5.32 Å². The summed E-state index contributed by atoms with van der Waals surface area (Å²) in [6.45, 7) is 0. The monoisotopic (exact) mass is 261 g/mol. The van der Waals surface area contributed by atoms with Crippen molar-refractivity contribution < 1.29 is 0 Å². The number of aromatic nitrogens is 2. The van der Waals surface area contributed by atoms with E-state index in [2.05, 4.69) is 10.4 Å². The number of benzene rings is 1.